The molecule has 0 bridgehead atoms. The molecule has 0 unspecified atom stereocenters. The third-order valence-corrected chi connectivity index (χ3v) is 3.06. The molecule has 1 aromatic heterocycles. The van der Waals surface area contributed by atoms with Crippen molar-refractivity contribution in [1.82, 2.24) is 4.98 Å². The van der Waals surface area contributed by atoms with Crippen molar-refractivity contribution < 1.29 is 4.79 Å². The number of hydrogen-bond donors (Lipinski definition) is 1. The van der Waals surface area contributed by atoms with Gasteiger partial charge in [0.05, 0.1) is 12.1 Å². The SMILES string of the molecule is Cc1ccc(N(C)C(=O)c2ncccc2C#CCN)cc1. The van der Waals surface area contributed by atoms with E-state index >= 15 is 0 Å². The Kier molecular flexibility index (Phi) is 4.70. The Bertz CT molecular complexity index is 696. The number of aromatic nitrogens is 1. The standard InChI is InChI=1S/C17H17N3O/c1-13-7-9-15(10-8-13)20(2)17(21)16-14(5-3-11-18)6-4-12-19-16/h4,6-10,12H,11,18H2,1-2H3. The van der Waals surface area contributed by atoms with Crippen molar-refractivity contribution in [2.45, 2.75) is 6.92 Å². The van der Waals surface area contributed by atoms with E-state index in [-0.39, 0.29) is 12.5 Å². The Labute approximate surface area is 124 Å². The van der Waals surface area contributed by atoms with Crippen molar-refractivity contribution in [3.63, 3.8) is 0 Å². The van der Waals surface area contributed by atoms with Gasteiger partial charge < -0.3 is 10.6 Å². The average Bonchev–Trinajstić information content (AvgIpc) is 2.52. The molecule has 0 saturated heterocycles. The Morgan fingerprint density at radius 2 is 2.00 bits per heavy atom. The summed E-state index contributed by atoms with van der Waals surface area (Å²) in [7, 11) is 1.72. The monoisotopic (exact) mass is 279 g/mol. The van der Waals surface area contributed by atoms with Crippen LogP contribution < -0.4 is 10.6 Å². The third-order valence-electron chi connectivity index (χ3n) is 3.06. The summed E-state index contributed by atoms with van der Waals surface area (Å²) in [6.07, 6.45) is 1.59. The van der Waals surface area contributed by atoms with Gasteiger partial charge >= 0.3 is 0 Å². The Hall–Kier alpha value is -2.64. The zero-order chi connectivity index (χ0) is 15.2. The van der Waals surface area contributed by atoms with Gasteiger partial charge in [-0.3, -0.25) is 4.79 Å². The molecule has 0 aliphatic heterocycles. The van der Waals surface area contributed by atoms with Crippen molar-refractivity contribution in [1.29, 1.82) is 0 Å². The van der Waals surface area contributed by atoms with E-state index in [4.69, 9.17) is 5.73 Å². The van der Waals surface area contributed by atoms with Crippen molar-refractivity contribution in [2.75, 3.05) is 18.5 Å². The quantitative estimate of drug-likeness (QED) is 0.855. The van der Waals surface area contributed by atoms with Crippen LogP contribution in [0.15, 0.2) is 42.6 Å². The zero-order valence-electron chi connectivity index (χ0n) is 12.1. The number of hydrogen-bond acceptors (Lipinski definition) is 3. The first kappa shape index (κ1) is 14.8. The van der Waals surface area contributed by atoms with E-state index in [9.17, 15) is 4.79 Å². The van der Waals surface area contributed by atoms with Crippen LogP contribution in [0.4, 0.5) is 5.69 Å². The van der Waals surface area contributed by atoms with Crippen LogP contribution in [-0.2, 0) is 0 Å². The molecule has 2 N–H and O–H groups in total. The minimum absolute atomic E-state index is 0.194. The normalized spacial score (nSPS) is 9.67. The van der Waals surface area contributed by atoms with E-state index in [0.717, 1.165) is 11.3 Å². The fourth-order valence-electron chi connectivity index (χ4n) is 1.87. The van der Waals surface area contributed by atoms with Gasteiger partial charge in [0, 0.05) is 18.9 Å². The highest BCUT2D eigenvalue weighted by atomic mass is 16.2. The Morgan fingerprint density at radius 1 is 1.29 bits per heavy atom. The summed E-state index contributed by atoms with van der Waals surface area (Å²) in [4.78, 5) is 18.3. The first-order valence-corrected chi connectivity index (χ1v) is 6.62. The lowest BCUT2D eigenvalue weighted by atomic mass is 10.1. The van der Waals surface area contributed by atoms with Crippen LogP contribution in [0.2, 0.25) is 0 Å². The summed E-state index contributed by atoms with van der Waals surface area (Å²) in [5.41, 5.74) is 8.26. The first-order chi connectivity index (χ1) is 10.1. The highest BCUT2D eigenvalue weighted by molar-refractivity contribution is 6.05. The second kappa shape index (κ2) is 6.69. The fourth-order valence-corrected chi connectivity index (χ4v) is 1.87. The Balaban J connectivity index is 2.33. The van der Waals surface area contributed by atoms with Crippen LogP contribution in [0.1, 0.15) is 21.6 Å². The third kappa shape index (κ3) is 3.47. The molecule has 2 aromatic rings. The number of carbonyl (C=O) groups excluding carboxylic acids is 1. The molecule has 0 aliphatic rings. The van der Waals surface area contributed by atoms with Crippen molar-refractivity contribution in [3.05, 3.63) is 59.4 Å². The van der Waals surface area contributed by atoms with Gasteiger partial charge in [0.1, 0.15) is 5.69 Å². The number of nitrogens with zero attached hydrogens (tertiary/aromatic N) is 2. The second-order valence-electron chi connectivity index (χ2n) is 4.61. The molecule has 0 radical (unpaired) electrons. The van der Waals surface area contributed by atoms with Crippen LogP contribution in [0.25, 0.3) is 0 Å². The number of rotatable bonds is 2. The summed E-state index contributed by atoms with van der Waals surface area (Å²) in [5.74, 6) is 5.44. The van der Waals surface area contributed by atoms with E-state index in [0.29, 0.717) is 11.3 Å². The number of nitrogens with two attached hydrogens (primary N) is 1. The molecule has 1 amide bonds. The molecule has 0 aliphatic carbocycles. The molecular weight excluding hydrogens is 262 g/mol. The summed E-state index contributed by atoms with van der Waals surface area (Å²) >= 11 is 0. The average molecular weight is 279 g/mol. The molecule has 0 atom stereocenters. The largest absolute Gasteiger partial charge is 0.320 e. The van der Waals surface area contributed by atoms with Gasteiger partial charge in [-0.2, -0.15) is 0 Å². The number of anilines is 1. The van der Waals surface area contributed by atoms with Crippen LogP contribution in [0.3, 0.4) is 0 Å². The van der Waals surface area contributed by atoms with Gasteiger partial charge in [0.15, 0.2) is 0 Å². The number of benzene rings is 1. The number of aryl methyl sites for hydroxylation is 1. The maximum absolute atomic E-state index is 12.6. The molecular formula is C17H17N3O. The van der Waals surface area contributed by atoms with Gasteiger partial charge in [-0.25, -0.2) is 4.98 Å². The maximum Gasteiger partial charge on any atom is 0.277 e. The van der Waals surface area contributed by atoms with Crippen molar-refractivity contribution in [3.8, 4) is 11.8 Å². The first-order valence-electron chi connectivity index (χ1n) is 6.62. The van der Waals surface area contributed by atoms with Gasteiger partial charge in [-0.05, 0) is 31.2 Å². The van der Waals surface area contributed by atoms with Crippen LogP contribution in [0, 0.1) is 18.8 Å². The minimum Gasteiger partial charge on any atom is -0.320 e. The topological polar surface area (TPSA) is 59.2 Å². The fraction of sp³-hybridized carbons (Fsp3) is 0.176. The molecule has 4 nitrogen and oxygen atoms in total. The van der Waals surface area contributed by atoms with E-state index in [1.54, 1.807) is 30.3 Å². The summed E-state index contributed by atoms with van der Waals surface area (Å²) in [6.45, 7) is 2.25. The van der Waals surface area contributed by atoms with Crippen molar-refractivity contribution in [2.24, 2.45) is 5.73 Å². The summed E-state index contributed by atoms with van der Waals surface area (Å²) < 4.78 is 0. The van der Waals surface area contributed by atoms with Crippen LogP contribution >= 0.6 is 0 Å². The van der Waals surface area contributed by atoms with E-state index in [2.05, 4.69) is 16.8 Å². The smallest absolute Gasteiger partial charge is 0.277 e. The molecule has 1 aromatic carbocycles. The molecule has 106 valence electrons. The van der Waals surface area contributed by atoms with Crippen LogP contribution in [0.5, 0.6) is 0 Å². The molecule has 0 saturated carbocycles. The van der Waals surface area contributed by atoms with E-state index in [1.165, 1.54) is 0 Å². The molecule has 2 rings (SSSR count). The number of amides is 1. The molecule has 0 spiro atoms. The molecule has 21 heavy (non-hydrogen) atoms. The predicted molar refractivity (Wildman–Crippen MR) is 84.1 cm³/mol. The van der Waals surface area contributed by atoms with Gasteiger partial charge in [-0.15, -0.1) is 0 Å². The van der Waals surface area contributed by atoms with Crippen LogP contribution in [-0.4, -0.2) is 24.5 Å². The molecule has 4 heteroatoms. The number of carbonyl (C=O) groups is 1. The zero-order valence-corrected chi connectivity index (χ0v) is 12.1. The lowest BCUT2D eigenvalue weighted by Crippen LogP contribution is -2.27. The van der Waals surface area contributed by atoms with Gasteiger partial charge in [-0.1, -0.05) is 29.5 Å². The minimum atomic E-state index is -0.194. The summed E-state index contributed by atoms with van der Waals surface area (Å²) in [6, 6.07) is 11.3. The van der Waals surface area contributed by atoms with Gasteiger partial charge in [0.2, 0.25) is 0 Å². The Morgan fingerprint density at radius 3 is 2.67 bits per heavy atom. The van der Waals surface area contributed by atoms with E-state index < -0.39 is 0 Å². The highest BCUT2D eigenvalue weighted by Gasteiger charge is 2.17. The lowest BCUT2D eigenvalue weighted by molar-refractivity contribution is 0.0988. The van der Waals surface area contributed by atoms with Crippen molar-refractivity contribution >= 4 is 11.6 Å². The lowest BCUT2D eigenvalue weighted by Gasteiger charge is -2.17. The van der Waals surface area contributed by atoms with E-state index in [1.807, 2.05) is 31.2 Å². The molecule has 1 heterocycles. The maximum atomic E-state index is 12.6. The second-order valence-corrected chi connectivity index (χ2v) is 4.61. The predicted octanol–water partition coefficient (Wildman–Crippen LogP) is 1.98. The van der Waals surface area contributed by atoms with Gasteiger partial charge in [0.25, 0.3) is 5.91 Å². The number of pyridine rings is 1. The molecule has 0 fully saturated rings. The summed E-state index contributed by atoms with van der Waals surface area (Å²) in [5, 5.41) is 0. The highest BCUT2D eigenvalue weighted by Crippen LogP contribution is 2.16.